The summed E-state index contributed by atoms with van der Waals surface area (Å²) in [5.41, 5.74) is 0.518. The molecule has 20 heavy (non-hydrogen) atoms. The van der Waals surface area contributed by atoms with Crippen LogP contribution in [0.1, 0.15) is 31.6 Å². The molecule has 2 N–H and O–H groups in total. The summed E-state index contributed by atoms with van der Waals surface area (Å²) in [4.78, 5) is 12.8. The molecule has 1 aliphatic carbocycles. The molecule has 1 aromatic rings. The molecule has 0 bridgehead atoms. The van der Waals surface area contributed by atoms with E-state index in [1.165, 1.54) is 6.92 Å². The van der Waals surface area contributed by atoms with E-state index in [1.807, 2.05) is 5.01 Å². The molecular formula is C12H19N4O4+. The van der Waals surface area contributed by atoms with Crippen LogP contribution in [0.25, 0.3) is 0 Å². The van der Waals surface area contributed by atoms with Gasteiger partial charge in [-0.05, 0) is 18.8 Å². The van der Waals surface area contributed by atoms with Gasteiger partial charge in [-0.2, -0.15) is 0 Å². The van der Waals surface area contributed by atoms with Crippen LogP contribution in [-0.2, 0) is 9.53 Å². The maximum absolute atomic E-state index is 11.2. The van der Waals surface area contributed by atoms with Crippen LogP contribution in [0, 0.1) is 5.92 Å². The lowest BCUT2D eigenvalue weighted by Gasteiger charge is -2.20. The molecule has 8 nitrogen and oxygen atoms in total. The Morgan fingerprint density at radius 3 is 2.80 bits per heavy atom. The van der Waals surface area contributed by atoms with E-state index < -0.39 is 6.10 Å². The number of nitrogens with zero attached hydrogens (tertiary/aromatic N) is 3. The normalized spacial score (nSPS) is 20.8. The molecule has 0 radical (unpaired) electrons. The van der Waals surface area contributed by atoms with Crippen molar-refractivity contribution in [1.29, 1.82) is 0 Å². The van der Waals surface area contributed by atoms with Crippen molar-refractivity contribution in [3.8, 4) is 0 Å². The Labute approximate surface area is 116 Å². The first-order chi connectivity index (χ1) is 9.66. The highest BCUT2D eigenvalue weighted by Gasteiger charge is 2.44. The zero-order chi connectivity index (χ0) is 14.1. The number of hydrogen-bond donors (Lipinski definition) is 2. The SMILES string of the molecule is CC(=O)Nc1on[n+](N2CCOCC2)c1C(O)C1CC1. The van der Waals surface area contributed by atoms with Gasteiger partial charge in [0.05, 0.1) is 31.1 Å². The second-order valence-electron chi connectivity index (χ2n) is 5.21. The quantitative estimate of drug-likeness (QED) is 0.712. The number of carbonyl (C=O) groups is 1. The number of amides is 1. The number of carbonyl (C=O) groups excluding carboxylic acids is 1. The second-order valence-corrected chi connectivity index (χ2v) is 5.21. The predicted octanol–water partition coefficient (Wildman–Crippen LogP) is -0.668. The number of rotatable bonds is 4. The average molecular weight is 283 g/mol. The maximum atomic E-state index is 11.2. The van der Waals surface area contributed by atoms with E-state index in [9.17, 15) is 9.90 Å². The first-order valence-corrected chi connectivity index (χ1v) is 6.87. The van der Waals surface area contributed by atoms with Crippen LogP contribution in [0.2, 0.25) is 0 Å². The minimum Gasteiger partial charge on any atom is -0.381 e. The third kappa shape index (κ3) is 2.61. The Morgan fingerprint density at radius 1 is 1.50 bits per heavy atom. The molecule has 0 spiro atoms. The van der Waals surface area contributed by atoms with Crippen molar-refractivity contribution < 1.29 is 24.0 Å². The zero-order valence-electron chi connectivity index (χ0n) is 11.4. The fourth-order valence-electron chi connectivity index (χ4n) is 2.34. The van der Waals surface area contributed by atoms with Crippen molar-refractivity contribution in [3.63, 3.8) is 0 Å². The number of aliphatic hydroxyl groups excluding tert-OH is 1. The predicted molar refractivity (Wildman–Crippen MR) is 67.5 cm³/mol. The van der Waals surface area contributed by atoms with Crippen molar-refractivity contribution in [3.05, 3.63) is 5.69 Å². The molecule has 3 rings (SSSR count). The summed E-state index contributed by atoms with van der Waals surface area (Å²) in [5, 5.41) is 18.9. The van der Waals surface area contributed by atoms with E-state index in [-0.39, 0.29) is 17.7 Å². The number of aliphatic hydroxyl groups is 1. The summed E-state index contributed by atoms with van der Waals surface area (Å²) in [7, 11) is 0. The van der Waals surface area contributed by atoms with Gasteiger partial charge in [0.2, 0.25) is 11.2 Å². The van der Waals surface area contributed by atoms with Crippen LogP contribution in [0.4, 0.5) is 5.88 Å². The Balaban J connectivity index is 1.91. The lowest BCUT2D eigenvalue weighted by atomic mass is 10.1. The van der Waals surface area contributed by atoms with Crippen molar-refractivity contribution in [2.75, 3.05) is 36.6 Å². The van der Waals surface area contributed by atoms with Gasteiger partial charge >= 0.3 is 11.6 Å². The average Bonchev–Trinajstić information content (AvgIpc) is 3.20. The van der Waals surface area contributed by atoms with E-state index in [1.54, 1.807) is 4.79 Å². The summed E-state index contributed by atoms with van der Waals surface area (Å²) in [6, 6.07) is 0. The zero-order valence-corrected chi connectivity index (χ0v) is 11.4. The number of anilines is 1. The maximum Gasteiger partial charge on any atom is 0.336 e. The summed E-state index contributed by atoms with van der Waals surface area (Å²) >= 11 is 0. The number of hydrogen-bond acceptors (Lipinski definition) is 6. The number of nitrogens with one attached hydrogen (secondary N) is 1. The standard InChI is InChI=1S/C12H18N4O4/c1-8(17)13-12-10(11(18)9-2-3-9)16(14-20-12)15-4-6-19-7-5-15/h9,11,18H,2-7H2,1H3/p+1. The van der Waals surface area contributed by atoms with E-state index in [4.69, 9.17) is 9.26 Å². The Morgan fingerprint density at radius 2 is 2.20 bits per heavy atom. The van der Waals surface area contributed by atoms with Gasteiger partial charge in [0, 0.05) is 6.92 Å². The van der Waals surface area contributed by atoms with Gasteiger partial charge in [-0.25, -0.2) is 0 Å². The van der Waals surface area contributed by atoms with Gasteiger partial charge in [-0.1, -0.05) is 0 Å². The van der Waals surface area contributed by atoms with E-state index in [0.29, 0.717) is 32.0 Å². The van der Waals surface area contributed by atoms with Gasteiger partial charge < -0.3 is 9.84 Å². The third-order valence-electron chi connectivity index (χ3n) is 3.55. The molecule has 2 fully saturated rings. The second kappa shape index (κ2) is 5.37. The lowest BCUT2D eigenvalue weighted by Crippen LogP contribution is -2.65. The molecule has 1 aliphatic heterocycles. The molecule has 1 aromatic heterocycles. The molecule has 1 atom stereocenters. The van der Waals surface area contributed by atoms with Crippen LogP contribution >= 0.6 is 0 Å². The molecule has 0 aromatic carbocycles. The van der Waals surface area contributed by atoms with Crippen molar-refractivity contribution in [2.45, 2.75) is 25.9 Å². The highest BCUT2D eigenvalue weighted by Crippen LogP contribution is 2.41. The summed E-state index contributed by atoms with van der Waals surface area (Å²) < 4.78 is 10.5. The minimum absolute atomic E-state index is 0.217. The van der Waals surface area contributed by atoms with Crippen molar-refractivity contribution >= 4 is 11.8 Å². The van der Waals surface area contributed by atoms with E-state index in [0.717, 1.165) is 12.8 Å². The molecular weight excluding hydrogens is 264 g/mol. The van der Waals surface area contributed by atoms with Gasteiger partial charge in [0.1, 0.15) is 0 Å². The van der Waals surface area contributed by atoms with Crippen LogP contribution in [0.5, 0.6) is 0 Å². The van der Waals surface area contributed by atoms with Crippen molar-refractivity contribution in [2.24, 2.45) is 5.92 Å². The lowest BCUT2D eigenvalue weighted by molar-refractivity contribution is -0.768. The fraction of sp³-hybridized carbons (Fsp3) is 0.750. The fourth-order valence-corrected chi connectivity index (χ4v) is 2.34. The molecule has 2 aliphatic rings. The Hall–Kier alpha value is -1.67. The molecule has 2 heterocycles. The summed E-state index contributed by atoms with van der Waals surface area (Å²) in [6.45, 7) is 3.94. The first-order valence-electron chi connectivity index (χ1n) is 6.87. The molecule has 1 amide bonds. The van der Waals surface area contributed by atoms with Gasteiger partial charge in [-0.15, -0.1) is 5.01 Å². The van der Waals surface area contributed by atoms with Gasteiger partial charge in [0.25, 0.3) is 0 Å². The first kappa shape index (κ1) is 13.3. The molecule has 1 unspecified atom stereocenters. The molecule has 110 valence electrons. The van der Waals surface area contributed by atoms with Crippen LogP contribution in [-0.4, -0.2) is 42.6 Å². The smallest absolute Gasteiger partial charge is 0.336 e. The van der Waals surface area contributed by atoms with Crippen molar-refractivity contribution in [1.82, 2.24) is 5.27 Å². The third-order valence-corrected chi connectivity index (χ3v) is 3.55. The number of aromatic nitrogens is 2. The van der Waals surface area contributed by atoms with Gasteiger partial charge in [-0.3, -0.25) is 14.6 Å². The van der Waals surface area contributed by atoms with Crippen LogP contribution in [0.3, 0.4) is 0 Å². The molecule has 8 heteroatoms. The van der Waals surface area contributed by atoms with E-state index >= 15 is 0 Å². The summed E-state index contributed by atoms with van der Waals surface area (Å²) in [5.74, 6) is 0.192. The Kier molecular flexibility index (Phi) is 3.58. The largest absolute Gasteiger partial charge is 0.381 e. The summed E-state index contributed by atoms with van der Waals surface area (Å²) in [6.07, 6.45) is 1.29. The van der Waals surface area contributed by atoms with E-state index in [2.05, 4.69) is 10.6 Å². The monoisotopic (exact) mass is 283 g/mol. The highest BCUT2D eigenvalue weighted by molar-refractivity contribution is 5.87. The molecule has 1 saturated heterocycles. The number of morpholine rings is 1. The van der Waals surface area contributed by atoms with Gasteiger partial charge in [0.15, 0.2) is 6.10 Å². The molecule has 1 saturated carbocycles. The van der Waals surface area contributed by atoms with Crippen LogP contribution < -0.4 is 15.1 Å². The minimum atomic E-state index is -0.675. The topological polar surface area (TPSA) is 91.7 Å². The highest BCUT2D eigenvalue weighted by atomic mass is 16.5. The van der Waals surface area contributed by atoms with Crippen LogP contribution in [0.15, 0.2) is 4.52 Å². The Bertz CT molecular complexity index is 494. The number of ether oxygens (including phenoxy) is 1.